The predicted molar refractivity (Wildman–Crippen MR) is 75.6 cm³/mol. The summed E-state index contributed by atoms with van der Waals surface area (Å²) < 4.78 is 1.53. The van der Waals surface area contributed by atoms with Crippen LogP contribution in [0.25, 0.3) is 27.5 Å². The van der Waals surface area contributed by atoms with E-state index in [1.807, 2.05) is 60.7 Å². The molecule has 6 heteroatoms. The van der Waals surface area contributed by atoms with E-state index in [1.54, 1.807) is 0 Å². The number of hydrogen-bond donors (Lipinski definition) is 0. The maximum Gasteiger partial charge on any atom is 0.220 e. The van der Waals surface area contributed by atoms with Gasteiger partial charge in [0.05, 0.1) is 5.69 Å². The first-order valence-electron chi connectivity index (χ1n) is 6.01. The molecule has 0 saturated heterocycles. The molecule has 6 nitrogen and oxygen atoms in total. The molecule has 3 aromatic rings. The highest BCUT2D eigenvalue weighted by atomic mass is 15.4. The molecular formula is C14H10N6. The lowest BCUT2D eigenvalue weighted by Crippen LogP contribution is -1.95. The van der Waals surface area contributed by atoms with E-state index in [4.69, 9.17) is 5.53 Å². The Morgan fingerprint density at radius 1 is 0.950 bits per heavy atom. The molecule has 0 amide bonds. The number of aromatic nitrogens is 3. The standard InChI is InChI=1S/C14H10N6/c15-19-17-14-16-13(11-7-3-1-4-8-11)18-20(14)12-9-5-2-6-10-12/h1-10H. The summed E-state index contributed by atoms with van der Waals surface area (Å²) in [6.07, 6.45) is 0. The molecule has 0 aliphatic carbocycles. The number of para-hydroxylation sites is 1. The van der Waals surface area contributed by atoms with E-state index in [1.165, 1.54) is 4.68 Å². The van der Waals surface area contributed by atoms with Crippen LogP contribution < -0.4 is 0 Å². The van der Waals surface area contributed by atoms with Crippen LogP contribution in [0.5, 0.6) is 0 Å². The van der Waals surface area contributed by atoms with Gasteiger partial charge in [-0.1, -0.05) is 48.5 Å². The Hall–Kier alpha value is -3.11. The molecule has 0 atom stereocenters. The fourth-order valence-electron chi connectivity index (χ4n) is 1.86. The van der Waals surface area contributed by atoms with Crippen molar-refractivity contribution in [1.29, 1.82) is 0 Å². The monoisotopic (exact) mass is 262 g/mol. The first-order valence-corrected chi connectivity index (χ1v) is 6.01. The van der Waals surface area contributed by atoms with Crippen molar-refractivity contribution in [1.82, 2.24) is 14.8 Å². The Labute approximate surface area is 115 Å². The quantitative estimate of drug-likeness (QED) is 0.408. The lowest BCUT2D eigenvalue weighted by atomic mass is 10.2. The molecule has 0 radical (unpaired) electrons. The maximum atomic E-state index is 8.65. The van der Waals surface area contributed by atoms with E-state index in [2.05, 4.69) is 20.1 Å². The summed E-state index contributed by atoms with van der Waals surface area (Å²) >= 11 is 0. The van der Waals surface area contributed by atoms with Gasteiger partial charge in [0.2, 0.25) is 5.95 Å². The van der Waals surface area contributed by atoms with Gasteiger partial charge in [-0.2, -0.15) is 0 Å². The summed E-state index contributed by atoms with van der Waals surface area (Å²) in [6.45, 7) is 0. The predicted octanol–water partition coefficient (Wildman–Crippen LogP) is 3.88. The van der Waals surface area contributed by atoms with Gasteiger partial charge in [0.15, 0.2) is 5.82 Å². The highest BCUT2D eigenvalue weighted by Crippen LogP contribution is 2.22. The molecule has 0 spiro atoms. The molecule has 0 bridgehead atoms. The molecule has 0 aliphatic heterocycles. The molecule has 3 rings (SSSR count). The van der Waals surface area contributed by atoms with Crippen molar-refractivity contribution in [2.75, 3.05) is 0 Å². The third-order valence-electron chi connectivity index (χ3n) is 2.76. The number of hydrogen-bond acceptors (Lipinski definition) is 3. The van der Waals surface area contributed by atoms with Crippen molar-refractivity contribution in [3.05, 3.63) is 71.1 Å². The van der Waals surface area contributed by atoms with E-state index in [0.29, 0.717) is 5.82 Å². The third kappa shape index (κ3) is 2.23. The van der Waals surface area contributed by atoms with Crippen molar-refractivity contribution >= 4 is 5.95 Å². The van der Waals surface area contributed by atoms with Crippen molar-refractivity contribution in [3.63, 3.8) is 0 Å². The largest absolute Gasteiger partial charge is 0.220 e. The minimum Gasteiger partial charge on any atom is -0.211 e. The van der Waals surface area contributed by atoms with Gasteiger partial charge in [-0.15, -0.1) is 5.10 Å². The van der Waals surface area contributed by atoms with Crippen molar-refractivity contribution in [2.24, 2.45) is 5.11 Å². The van der Waals surface area contributed by atoms with Crippen LogP contribution in [-0.2, 0) is 0 Å². The van der Waals surface area contributed by atoms with E-state index in [0.717, 1.165) is 11.3 Å². The Bertz CT molecular complexity index is 757. The molecule has 0 N–H and O–H groups in total. The lowest BCUT2D eigenvalue weighted by Gasteiger charge is -2.00. The first kappa shape index (κ1) is 12.0. The van der Waals surface area contributed by atoms with Crippen LogP contribution in [0.2, 0.25) is 0 Å². The molecular weight excluding hydrogens is 252 g/mol. The van der Waals surface area contributed by atoms with Crippen LogP contribution >= 0.6 is 0 Å². The van der Waals surface area contributed by atoms with Gasteiger partial charge in [-0.25, -0.2) is 9.67 Å². The summed E-state index contributed by atoms with van der Waals surface area (Å²) in [5.41, 5.74) is 10.3. The first-order chi connectivity index (χ1) is 9.88. The Morgan fingerprint density at radius 3 is 2.25 bits per heavy atom. The second-order valence-electron chi connectivity index (χ2n) is 4.04. The summed E-state index contributed by atoms with van der Waals surface area (Å²) in [5.74, 6) is 0.745. The minimum absolute atomic E-state index is 0.220. The Kier molecular flexibility index (Phi) is 3.14. The molecule has 1 aromatic heterocycles. The fourth-order valence-corrected chi connectivity index (χ4v) is 1.86. The van der Waals surface area contributed by atoms with Gasteiger partial charge >= 0.3 is 0 Å². The van der Waals surface area contributed by atoms with E-state index in [-0.39, 0.29) is 5.95 Å². The Morgan fingerprint density at radius 2 is 1.60 bits per heavy atom. The van der Waals surface area contributed by atoms with Gasteiger partial charge < -0.3 is 0 Å². The number of nitrogens with zero attached hydrogens (tertiary/aromatic N) is 6. The van der Waals surface area contributed by atoms with Crippen molar-refractivity contribution in [2.45, 2.75) is 0 Å². The number of benzene rings is 2. The highest BCUT2D eigenvalue weighted by molar-refractivity contribution is 5.56. The van der Waals surface area contributed by atoms with Gasteiger partial charge in [0.25, 0.3) is 0 Å². The summed E-state index contributed by atoms with van der Waals surface area (Å²) in [6, 6.07) is 19.0. The van der Waals surface area contributed by atoms with Crippen LogP contribution in [0, 0.1) is 0 Å². The zero-order valence-corrected chi connectivity index (χ0v) is 10.5. The van der Waals surface area contributed by atoms with Crippen molar-refractivity contribution < 1.29 is 0 Å². The normalized spacial score (nSPS) is 10.0. The molecule has 1 heterocycles. The molecule has 96 valence electrons. The van der Waals surface area contributed by atoms with Gasteiger partial charge in [-0.05, 0) is 22.8 Å². The Balaban J connectivity index is 2.15. The average Bonchev–Trinajstić information content (AvgIpc) is 2.94. The highest BCUT2D eigenvalue weighted by Gasteiger charge is 2.11. The lowest BCUT2D eigenvalue weighted by molar-refractivity contribution is 0.880. The zero-order valence-electron chi connectivity index (χ0n) is 10.5. The number of rotatable bonds is 3. The number of azide groups is 1. The van der Waals surface area contributed by atoms with Gasteiger partial charge in [0.1, 0.15) is 0 Å². The van der Waals surface area contributed by atoms with E-state index < -0.39 is 0 Å². The summed E-state index contributed by atoms with van der Waals surface area (Å²) in [4.78, 5) is 7.08. The fraction of sp³-hybridized carbons (Fsp3) is 0. The second-order valence-corrected chi connectivity index (χ2v) is 4.04. The van der Waals surface area contributed by atoms with E-state index >= 15 is 0 Å². The molecule has 2 aromatic carbocycles. The zero-order chi connectivity index (χ0) is 13.8. The second kappa shape index (κ2) is 5.26. The maximum absolute atomic E-state index is 8.65. The molecule has 20 heavy (non-hydrogen) atoms. The van der Waals surface area contributed by atoms with Crippen LogP contribution in [0.1, 0.15) is 0 Å². The molecule has 0 aliphatic rings. The summed E-state index contributed by atoms with van der Waals surface area (Å²) in [7, 11) is 0. The third-order valence-corrected chi connectivity index (χ3v) is 2.76. The van der Waals surface area contributed by atoms with E-state index in [9.17, 15) is 0 Å². The summed E-state index contributed by atoms with van der Waals surface area (Å²) in [5, 5.41) is 8.01. The van der Waals surface area contributed by atoms with Crippen LogP contribution in [0.3, 0.4) is 0 Å². The molecule has 0 saturated carbocycles. The van der Waals surface area contributed by atoms with Gasteiger partial charge in [0, 0.05) is 10.5 Å². The molecule has 0 fully saturated rings. The van der Waals surface area contributed by atoms with Crippen LogP contribution in [-0.4, -0.2) is 14.8 Å². The SMILES string of the molecule is [N-]=[N+]=Nc1nc(-c2ccccc2)nn1-c1ccccc1. The molecule has 0 unspecified atom stereocenters. The minimum atomic E-state index is 0.220. The van der Waals surface area contributed by atoms with Crippen LogP contribution in [0.15, 0.2) is 65.8 Å². The van der Waals surface area contributed by atoms with Crippen LogP contribution in [0.4, 0.5) is 5.95 Å². The van der Waals surface area contributed by atoms with Gasteiger partial charge in [-0.3, -0.25) is 0 Å². The smallest absolute Gasteiger partial charge is 0.211 e. The topological polar surface area (TPSA) is 79.5 Å². The van der Waals surface area contributed by atoms with Crippen molar-refractivity contribution in [3.8, 4) is 17.1 Å². The average molecular weight is 262 g/mol.